The molecule has 0 heterocycles. The first-order valence-electron chi connectivity index (χ1n) is 8.00. The number of aryl methyl sites for hydroxylation is 1. The maximum Gasteiger partial charge on any atom is 0.330 e. The quantitative estimate of drug-likeness (QED) is 0.347. The number of nitrogens with zero attached hydrogens (tertiary/aromatic N) is 1. The average Bonchev–Trinajstić information content (AvgIpc) is 2.62. The molecule has 0 bridgehead atoms. The van der Waals surface area contributed by atoms with Crippen molar-refractivity contribution >= 4 is 40.7 Å². The smallest absolute Gasteiger partial charge is 0.330 e. The maximum atomic E-state index is 11.4. The van der Waals surface area contributed by atoms with Crippen LogP contribution in [0, 0.1) is 17.0 Å². The molecule has 27 heavy (non-hydrogen) atoms. The predicted octanol–water partition coefficient (Wildman–Crippen LogP) is 3.79. The topological polar surface area (TPSA) is 111 Å². The van der Waals surface area contributed by atoms with Crippen LogP contribution >= 0.6 is 0 Å². The fourth-order valence-electron chi connectivity index (χ4n) is 2.37. The van der Waals surface area contributed by atoms with Gasteiger partial charge in [0.1, 0.15) is 5.69 Å². The van der Waals surface area contributed by atoms with Crippen molar-refractivity contribution in [2.75, 3.05) is 17.7 Å². The summed E-state index contributed by atoms with van der Waals surface area (Å²) >= 11 is 0. The standard InChI is InChI=1S/C19H19N3O5/c1-12-10-15(6-8-16(12)20-13(2)23)21-17-7-4-14(5-9-19(24)27-3)11-18(17)22(25)26/h4-11,21H,1-3H3,(H,20,23). The second kappa shape index (κ2) is 8.61. The van der Waals surface area contributed by atoms with Crippen LogP contribution in [-0.2, 0) is 14.3 Å². The van der Waals surface area contributed by atoms with Gasteiger partial charge in [-0.1, -0.05) is 6.07 Å². The zero-order valence-corrected chi connectivity index (χ0v) is 15.1. The van der Waals surface area contributed by atoms with Crippen LogP contribution in [0.2, 0.25) is 0 Å². The number of nitro benzene ring substituents is 1. The highest BCUT2D eigenvalue weighted by atomic mass is 16.6. The number of rotatable bonds is 6. The van der Waals surface area contributed by atoms with Crippen molar-refractivity contribution in [3.8, 4) is 0 Å². The van der Waals surface area contributed by atoms with Gasteiger partial charge >= 0.3 is 5.97 Å². The highest BCUT2D eigenvalue weighted by molar-refractivity contribution is 5.90. The highest BCUT2D eigenvalue weighted by Gasteiger charge is 2.15. The number of anilines is 3. The first-order chi connectivity index (χ1) is 12.8. The van der Waals surface area contributed by atoms with Crippen molar-refractivity contribution in [2.24, 2.45) is 0 Å². The van der Waals surface area contributed by atoms with Gasteiger partial charge in [-0.05, 0) is 48.4 Å². The van der Waals surface area contributed by atoms with Crippen LogP contribution in [0.15, 0.2) is 42.5 Å². The molecule has 140 valence electrons. The Labute approximate surface area is 156 Å². The lowest BCUT2D eigenvalue weighted by atomic mass is 10.1. The lowest BCUT2D eigenvalue weighted by Gasteiger charge is -2.11. The first kappa shape index (κ1) is 19.6. The third-order valence-corrected chi connectivity index (χ3v) is 3.65. The summed E-state index contributed by atoms with van der Waals surface area (Å²) in [7, 11) is 1.25. The minimum absolute atomic E-state index is 0.134. The number of hydrogen-bond donors (Lipinski definition) is 2. The molecule has 8 heteroatoms. The molecule has 0 saturated heterocycles. The SMILES string of the molecule is COC(=O)C=Cc1ccc(Nc2ccc(NC(C)=O)c(C)c2)c([N+](=O)[O-])c1. The maximum absolute atomic E-state index is 11.4. The summed E-state index contributed by atoms with van der Waals surface area (Å²) in [6, 6.07) is 9.78. The number of ether oxygens (including phenoxy) is 1. The molecular formula is C19H19N3O5. The molecule has 2 N–H and O–H groups in total. The van der Waals surface area contributed by atoms with Crippen LogP contribution in [0.5, 0.6) is 0 Å². The van der Waals surface area contributed by atoms with Crippen molar-refractivity contribution in [1.29, 1.82) is 0 Å². The van der Waals surface area contributed by atoms with E-state index in [4.69, 9.17) is 0 Å². The molecule has 8 nitrogen and oxygen atoms in total. The van der Waals surface area contributed by atoms with Crippen molar-refractivity contribution in [3.63, 3.8) is 0 Å². The van der Waals surface area contributed by atoms with E-state index in [1.54, 1.807) is 30.3 Å². The molecule has 0 fully saturated rings. The van der Waals surface area contributed by atoms with Crippen LogP contribution in [0.3, 0.4) is 0 Å². The van der Waals surface area contributed by atoms with E-state index in [1.807, 2.05) is 6.92 Å². The lowest BCUT2D eigenvalue weighted by Crippen LogP contribution is -2.07. The Bertz CT molecular complexity index is 922. The summed E-state index contributed by atoms with van der Waals surface area (Å²) in [5.41, 5.74) is 2.80. The van der Waals surface area contributed by atoms with Crippen molar-refractivity contribution < 1.29 is 19.2 Å². The molecule has 0 unspecified atom stereocenters. The summed E-state index contributed by atoms with van der Waals surface area (Å²) < 4.78 is 4.50. The van der Waals surface area contributed by atoms with E-state index in [0.717, 1.165) is 5.56 Å². The first-order valence-corrected chi connectivity index (χ1v) is 8.00. The van der Waals surface area contributed by atoms with Gasteiger partial charge < -0.3 is 15.4 Å². The number of esters is 1. The third kappa shape index (κ3) is 5.40. The molecule has 2 rings (SSSR count). The zero-order valence-electron chi connectivity index (χ0n) is 15.1. The number of benzene rings is 2. The van der Waals surface area contributed by atoms with Crippen LogP contribution in [-0.4, -0.2) is 23.9 Å². The summed E-state index contributed by atoms with van der Waals surface area (Å²) in [5, 5.41) is 17.1. The Morgan fingerprint density at radius 1 is 1.15 bits per heavy atom. The van der Waals surface area contributed by atoms with Gasteiger partial charge in [0.15, 0.2) is 0 Å². The Balaban J connectivity index is 2.29. The van der Waals surface area contributed by atoms with Gasteiger partial charge in [0, 0.05) is 30.4 Å². The molecule has 2 aromatic carbocycles. The van der Waals surface area contributed by atoms with Gasteiger partial charge in [-0.15, -0.1) is 0 Å². The van der Waals surface area contributed by atoms with Gasteiger partial charge in [0.25, 0.3) is 5.69 Å². The van der Waals surface area contributed by atoms with E-state index in [1.165, 1.54) is 32.3 Å². The molecular weight excluding hydrogens is 350 g/mol. The minimum Gasteiger partial charge on any atom is -0.466 e. The average molecular weight is 369 g/mol. The Morgan fingerprint density at radius 3 is 2.44 bits per heavy atom. The molecule has 0 aliphatic carbocycles. The Hall–Kier alpha value is -3.68. The number of amides is 1. The van der Waals surface area contributed by atoms with Crippen LogP contribution in [0.1, 0.15) is 18.1 Å². The third-order valence-electron chi connectivity index (χ3n) is 3.65. The van der Waals surface area contributed by atoms with Crippen LogP contribution in [0.4, 0.5) is 22.7 Å². The number of carbonyl (C=O) groups is 2. The number of nitrogens with one attached hydrogen (secondary N) is 2. The highest BCUT2D eigenvalue weighted by Crippen LogP contribution is 2.30. The molecule has 0 aliphatic heterocycles. The fourth-order valence-corrected chi connectivity index (χ4v) is 2.37. The molecule has 2 aromatic rings. The monoisotopic (exact) mass is 369 g/mol. The lowest BCUT2D eigenvalue weighted by molar-refractivity contribution is -0.383. The minimum atomic E-state index is -0.547. The van der Waals surface area contributed by atoms with Gasteiger partial charge in [-0.3, -0.25) is 14.9 Å². The van der Waals surface area contributed by atoms with E-state index in [0.29, 0.717) is 22.6 Å². The van der Waals surface area contributed by atoms with Gasteiger partial charge in [0.2, 0.25) is 5.91 Å². The summed E-state index contributed by atoms with van der Waals surface area (Å²) in [6.07, 6.45) is 2.63. The number of carbonyl (C=O) groups excluding carboxylic acids is 2. The number of hydrogen-bond acceptors (Lipinski definition) is 6. The molecule has 0 aromatic heterocycles. The summed E-state index contributed by atoms with van der Waals surface area (Å²) in [5.74, 6) is -0.723. The number of nitro groups is 1. The molecule has 0 aliphatic rings. The second-order valence-corrected chi connectivity index (χ2v) is 5.73. The van der Waals surface area contributed by atoms with Crippen LogP contribution in [0.25, 0.3) is 6.08 Å². The molecule has 0 atom stereocenters. The Morgan fingerprint density at radius 2 is 1.85 bits per heavy atom. The van der Waals surface area contributed by atoms with E-state index in [-0.39, 0.29) is 11.6 Å². The molecule has 0 radical (unpaired) electrons. The molecule has 0 saturated carbocycles. The van der Waals surface area contributed by atoms with Crippen LogP contribution < -0.4 is 10.6 Å². The normalized spacial score (nSPS) is 10.5. The Kier molecular flexibility index (Phi) is 6.27. The molecule has 0 spiro atoms. The second-order valence-electron chi connectivity index (χ2n) is 5.73. The predicted molar refractivity (Wildman–Crippen MR) is 103 cm³/mol. The number of methoxy groups -OCH3 is 1. The van der Waals surface area contributed by atoms with Gasteiger partial charge in [-0.25, -0.2) is 4.79 Å². The summed E-state index contributed by atoms with van der Waals surface area (Å²) in [4.78, 5) is 33.2. The zero-order chi connectivity index (χ0) is 20.0. The van der Waals surface area contributed by atoms with E-state index in [9.17, 15) is 19.7 Å². The van der Waals surface area contributed by atoms with E-state index < -0.39 is 10.9 Å². The molecule has 1 amide bonds. The fraction of sp³-hybridized carbons (Fsp3) is 0.158. The van der Waals surface area contributed by atoms with Gasteiger partial charge in [0.05, 0.1) is 12.0 Å². The largest absolute Gasteiger partial charge is 0.466 e. The van der Waals surface area contributed by atoms with E-state index in [2.05, 4.69) is 15.4 Å². The van der Waals surface area contributed by atoms with Crippen molar-refractivity contribution in [3.05, 3.63) is 63.7 Å². The summed E-state index contributed by atoms with van der Waals surface area (Å²) in [6.45, 7) is 3.25. The van der Waals surface area contributed by atoms with Gasteiger partial charge in [-0.2, -0.15) is 0 Å². The van der Waals surface area contributed by atoms with E-state index >= 15 is 0 Å². The van der Waals surface area contributed by atoms with Crippen molar-refractivity contribution in [1.82, 2.24) is 0 Å². The van der Waals surface area contributed by atoms with Crippen molar-refractivity contribution in [2.45, 2.75) is 13.8 Å².